The summed E-state index contributed by atoms with van der Waals surface area (Å²) in [6, 6.07) is 3.13. The van der Waals surface area contributed by atoms with Crippen LogP contribution in [0.2, 0.25) is 0 Å². The highest BCUT2D eigenvalue weighted by atomic mass is 32.2. The molecular weight excluding hydrogens is 457 g/mol. The number of halogens is 3. The van der Waals surface area contributed by atoms with Gasteiger partial charge in [0.25, 0.3) is 0 Å². The van der Waals surface area contributed by atoms with Crippen molar-refractivity contribution in [1.82, 2.24) is 19.2 Å². The fraction of sp³-hybridized carbons (Fsp3) is 0.545. The Labute approximate surface area is 190 Å². The van der Waals surface area contributed by atoms with Crippen LogP contribution in [-0.2, 0) is 16.2 Å². The van der Waals surface area contributed by atoms with Gasteiger partial charge < -0.3 is 4.74 Å². The molecule has 178 valence electrons. The normalized spacial score (nSPS) is 24.6. The third kappa shape index (κ3) is 4.58. The van der Waals surface area contributed by atoms with E-state index in [1.54, 1.807) is 12.4 Å². The maximum atomic E-state index is 13.3. The van der Waals surface area contributed by atoms with Crippen molar-refractivity contribution >= 4 is 10.0 Å². The number of piperazine rings is 1. The Morgan fingerprint density at radius 1 is 1.09 bits per heavy atom. The maximum Gasteiger partial charge on any atom is 0.416 e. The Morgan fingerprint density at radius 2 is 1.88 bits per heavy atom. The van der Waals surface area contributed by atoms with Gasteiger partial charge in [-0.05, 0) is 37.5 Å². The topological polar surface area (TPSA) is 75.6 Å². The number of nitrogens with zero attached hydrogens (tertiary/aromatic N) is 4. The summed E-state index contributed by atoms with van der Waals surface area (Å²) >= 11 is 0. The van der Waals surface area contributed by atoms with E-state index in [1.807, 2.05) is 0 Å². The second-order valence-corrected chi connectivity index (χ2v) is 11.0. The molecule has 2 aromatic rings. The third-order valence-electron chi connectivity index (χ3n) is 6.62. The van der Waals surface area contributed by atoms with E-state index in [4.69, 9.17) is 4.74 Å². The summed E-state index contributed by atoms with van der Waals surface area (Å²) in [5.74, 6) is 0.966. The summed E-state index contributed by atoms with van der Waals surface area (Å²) in [7, 11) is -4.04. The molecule has 0 unspecified atom stereocenters. The Hall–Kier alpha value is -2.24. The van der Waals surface area contributed by atoms with E-state index in [0.29, 0.717) is 31.3 Å². The van der Waals surface area contributed by atoms with E-state index in [-0.39, 0.29) is 35.7 Å². The monoisotopic (exact) mass is 482 g/mol. The average molecular weight is 483 g/mol. The van der Waals surface area contributed by atoms with Gasteiger partial charge in [0, 0.05) is 44.6 Å². The number of fused-ring (bicyclic) bond motifs is 1. The van der Waals surface area contributed by atoms with E-state index in [0.717, 1.165) is 24.6 Å². The fourth-order valence-electron chi connectivity index (χ4n) is 4.64. The van der Waals surface area contributed by atoms with E-state index >= 15 is 0 Å². The molecule has 0 N–H and O–H groups in total. The minimum atomic E-state index is -4.61. The molecule has 2 saturated heterocycles. The number of alkyl halides is 3. The van der Waals surface area contributed by atoms with Crippen molar-refractivity contribution in [2.24, 2.45) is 0 Å². The molecule has 33 heavy (non-hydrogen) atoms. The number of sulfonamides is 1. The van der Waals surface area contributed by atoms with Crippen molar-refractivity contribution < 1.29 is 26.3 Å². The molecule has 0 bridgehead atoms. The number of aromatic nitrogens is 2. The number of aryl methyl sites for hydroxylation is 1. The molecule has 11 heteroatoms. The van der Waals surface area contributed by atoms with Gasteiger partial charge in [-0.2, -0.15) is 17.5 Å². The largest absolute Gasteiger partial charge is 0.472 e. The molecule has 3 heterocycles. The predicted molar refractivity (Wildman–Crippen MR) is 113 cm³/mol. The SMILES string of the molecule is Cc1ccc(S(=O)(=O)N2CCN3C[C@H](Oc4cnc(C5CC5)cn4)C[C@H]3C2)cc1C(F)(F)F. The number of hydrogen-bond donors (Lipinski definition) is 0. The molecule has 5 rings (SSSR count). The predicted octanol–water partition coefficient (Wildman–Crippen LogP) is 3.21. The highest BCUT2D eigenvalue weighted by Crippen LogP contribution is 2.39. The van der Waals surface area contributed by atoms with E-state index < -0.39 is 21.8 Å². The Balaban J connectivity index is 1.26. The van der Waals surface area contributed by atoms with Gasteiger partial charge in [0.2, 0.25) is 15.9 Å². The van der Waals surface area contributed by atoms with E-state index in [9.17, 15) is 21.6 Å². The highest BCUT2D eigenvalue weighted by molar-refractivity contribution is 7.89. The summed E-state index contributed by atoms with van der Waals surface area (Å²) < 4.78 is 73.4. The summed E-state index contributed by atoms with van der Waals surface area (Å²) in [5.41, 5.74) is 0.0532. The minimum Gasteiger partial charge on any atom is -0.472 e. The molecule has 1 aliphatic carbocycles. The van der Waals surface area contributed by atoms with Gasteiger partial charge in [-0.25, -0.2) is 13.4 Å². The first kappa shape index (κ1) is 22.5. The van der Waals surface area contributed by atoms with Crippen molar-refractivity contribution in [3.63, 3.8) is 0 Å². The van der Waals surface area contributed by atoms with Crippen molar-refractivity contribution in [3.05, 3.63) is 47.4 Å². The van der Waals surface area contributed by atoms with Crippen LogP contribution in [0.1, 0.15) is 42.0 Å². The third-order valence-corrected chi connectivity index (χ3v) is 8.49. The first-order chi connectivity index (χ1) is 15.6. The Bertz CT molecular complexity index is 1140. The second-order valence-electron chi connectivity index (χ2n) is 9.02. The molecule has 2 aliphatic heterocycles. The van der Waals surface area contributed by atoms with Crippen LogP contribution in [0.4, 0.5) is 13.2 Å². The summed E-state index contributed by atoms with van der Waals surface area (Å²) in [6.07, 6.45) is 1.54. The van der Waals surface area contributed by atoms with Crippen LogP contribution in [0.15, 0.2) is 35.5 Å². The minimum absolute atomic E-state index is 0.00434. The number of rotatable bonds is 5. The van der Waals surface area contributed by atoms with Crippen LogP contribution in [0, 0.1) is 6.92 Å². The molecule has 7 nitrogen and oxygen atoms in total. The maximum absolute atomic E-state index is 13.3. The molecule has 1 saturated carbocycles. The van der Waals surface area contributed by atoms with Crippen molar-refractivity contribution in [2.45, 2.75) is 55.3 Å². The lowest BCUT2D eigenvalue weighted by Gasteiger charge is -2.36. The van der Waals surface area contributed by atoms with Crippen LogP contribution in [0.3, 0.4) is 0 Å². The van der Waals surface area contributed by atoms with Crippen molar-refractivity contribution in [1.29, 1.82) is 0 Å². The van der Waals surface area contributed by atoms with Crippen molar-refractivity contribution in [2.75, 3.05) is 26.2 Å². The van der Waals surface area contributed by atoms with Gasteiger partial charge >= 0.3 is 6.18 Å². The zero-order valence-electron chi connectivity index (χ0n) is 18.1. The lowest BCUT2D eigenvalue weighted by molar-refractivity contribution is -0.138. The first-order valence-electron chi connectivity index (χ1n) is 11.0. The van der Waals surface area contributed by atoms with E-state index in [1.165, 1.54) is 23.4 Å². The zero-order chi connectivity index (χ0) is 23.4. The van der Waals surface area contributed by atoms with Crippen LogP contribution in [0.25, 0.3) is 0 Å². The van der Waals surface area contributed by atoms with Gasteiger partial charge in [-0.1, -0.05) is 6.07 Å². The molecule has 0 radical (unpaired) electrons. The quantitative estimate of drug-likeness (QED) is 0.652. The smallest absolute Gasteiger partial charge is 0.416 e. The Kier molecular flexibility index (Phi) is 5.61. The lowest BCUT2D eigenvalue weighted by atomic mass is 10.1. The summed E-state index contributed by atoms with van der Waals surface area (Å²) in [4.78, 5) is 10.6. The molecule has 0 spiro atoms. The van der Waals surface area contributed by atoms with Crippen LogP contribution in [-0.4, -0.2) is 65.9 Å². The lowest BCUT2D eigenvalue weighted by Crippen LogP contribution is -2.51. The summed E-state index contributed by atoms with van der Waals surface area (Å²) in [5, 5.41) is 0. The fourth-order valence-corrected chi connectivity index (χ4v) is 6.13. The van der Waals surface area contributed by atoms with Gasteiger partial charge in [0.15, 0.2) is 0 Å². The molecule has 3 aliphatic rings. The average Bonchev–Trinajstić information content (AvgIpc) is 3.53. The molecule has 3 fully saturated rings. The molecule has 1 aromatic heterocycles. The molecule has 0 amide bonds. The van der Waals surface area contributed by atoms with Crippen LogP contribution in [0.5, 0.6) is 5.88 Å². The number of benzene rings is 1. The standard InChI is InChI=1S/C22H25F3N4O3S/c1-14-2-5-18(9-19(14)22(23,24)25)33(30,31)29-7-6-28-13-17(8-16(28)12-29)32-21-11-26-20(10-27-21)15-3-4-15/h2,5,9-11,15-17H,3-4,6-8,12-13H2,1H3/t16-,17+/m0/s1. The molecule has 2 atom stereocenters. The van der Waals surface area contributed by atoms with Crippen molar-refractivity contribution in [3.8, 4) is 5.88 Å². The second kappa shape index (κ2) is 8.21. The van der Waals surface area contributed by atoms with Gasteiger partial charge in [0.05, 0.1) is 28.5 Å². The Morgan fingerprint density at radius 3 is 2.55 bits per heavy atom. The number of hydrogen-bond acceptors (Lipinski definition) is 6. The van der Waals surface area contributed by atoms with Gasteiger partial charge in [-0.3, -0.25) is 9.88 Å². The summed E-state index contributed by atoms with van der Waals surface area (Å²) in [6.45, 7) is 2.89. The number of ether oxygens (including phenoxy) is 1. The zero-order valence-corrected chi connectivity index (χ0v) is 18.9. The van der Waals surface area contributed by atoms with Crippen LogP contribution < -0.4 is 4.74 Å². The van der Waals surface area contributed by atoms with Gasteiger partial charge in [-0.15, -0.1) is 0 Å². The van der Waals surface area contributed by atoms with E-state index in [2.05, 4.69) is 14.9 Å². The van der Waals surface area contributed by atoms with Gasteiger partial charge in [0.1, 0.15) is 6.10 Å². The first-order valence-corrected chi connectivity index (χ1v) is 12.5. The molecule has 1 aromatic carbocycles. The molecular formula is C22H25F3N4O3S. The highest BCUT2D eigenvalue weighted by Gasteiger charge is 2.42. The van der Waals surface area contributed by atoms with Crippen LogP contribution >= 0.6 is 0 Å².